The van der Waals surface area contributed by atoms with Crippen LogP contribution in [0.3, 0.4) is 0 Å². The van der Waals surface area contributed by atoms with Crippen molar-refractivity contribution in [3.8, 4) is 11.5 Å². The summed E-state index contributed by atoms with van der Waals surface area (Å²) in [5.41, 5.74) is -0.695. The van der Waals surface area contributed by atoms with Gasteiger partial charge in [0, 0.05) is 11.8 Å². The van der Waals surface area contributed by atoms with Crippen LogP contribution in [0.25, 0.3) is 10.9 Å². The Morgan fingerprint density at radius 1 is 1.30 bits per heavy atom. The maximum absolute atomic E-state index is 11.9. The number of H-pyrrole nitrogens is 1. The van der Waals surface area contributed by atoms with Gasteiger partial charge in [-0.2, -0.15) is 0 Å². The van der Waals surface area contributed by atoms with Crippen molar-refractivity contribution in [2.45, 2.75) is 19.8 Å². The molecule has 0 saturated heterocycles. The zero-order chi connectivity index (χ0) is 17.0. The monoisotopic (exact) mass is 319 g/mol. The maximum atomic E-state index is 11.9. The molecule has 0 aliphatic heterocycles. The number of nitrogens with one attached hydrogen (secondary N) is 1. The molecule has 1 aromatic heterocycles. The van der Waals surface area contributed by atoms with E-state index in [1.165, 1.54) is 20.1 Å². The third kappa shape index (κ3) is 3.68. The summed E-state index contributed by atoms with van der Waals surface area (Å²) in [7, 11) is 1.47. The highest BCUT2D eigenvalue weighted by molar-refractivity contribution is 5.94. The Balaban J connectivity index is 2.43. The molecule has 0 spiro atoms. The quantitative estimate of drug-likeness (QED) is 0.756. The lowest BCUT2D eigenvalue weighted by Crippen LogP contribution is -2.17. The smallest absolute Gasteiger partial charge is 0.341 e. The first-order valence-electron chi connectivity index (χ1n) is 7.03. The Morgan fingerprint density at radius 2 is 2.04 bits per heavy atom. The largest absolute Gasteiger partial charge is 0.493 e. The first kappa shape index (κ1) is 16.5. The van der Waals surface area contributed by atoms with Crippen LogP contribution < -0.4 is 15.0 Å². The van der Waals surface area contributed by atoms with Gasteiger partial charge in [-0.05, 0) is 31.5 Å². The summed E-state index contributed by atoms with van der Waals surface area (Å²) >= 11 is 0. The summed E-state index contributed by atoms with van der Waals surface area (Å²) in [6.45, 7) is 1.78. The van der Waals surface area contributed by atoms with E-state index >= 15 is 0 Å². The molecular formula is C16H17NO6. The lowest BCUT2D eigenvalue weighted by atomic mass is 10.1. The Bertz CT molecular complexity index is 808. The minimum absolute atomic E-state index is 0.0676. The average Bonchev–Trinajstić information content (AvgIpc) is 2.50. The molecule has 0 fully saturated rings. The van der Waals surface area contributed by atoms with Crippen molar-refractivity contribution < 1.29 is 24.2 Å². The molecule has 0 saturated carbocycles. The zero-order valence-electron chi connectivity index (χ0n) is 12.8. The van der Waals surface area contributed by atoms with Gasteiger partial charge in [-0.3, -0.25) is 4.79 Å². The van der Waals surface area contributed by atoms with E-state index in [-0.39, 0.29) is 18.0 Å². The summed E-state index contributed by atoms with van der Waals surface area (Å²) < 4.78 is 10.9. The molecule has 1 aromatic carbocycles. The van der Waals surface area contributed by atoms with Crippen LogP contribution in [0.2, 0.25) is 0 Å². The van der Waals surface area contributed by atoms with E-state index in [2.05, 4.69) is 4.98 Å². The number of Topliss-reactive ketones (excluding diaryl/α,β-unsaturated/α-hetero) is 1. The number of ether oxygens (including phenoxy) is 2. The molecule has 2 N–H and O–H groups in total. The molecular weight excluding hydrogens is 302 g/mol. The Kier molecular flexibility index (Phi) is 5.00. The molecule has 2 rings (SSSR count). The molecule has 7 heteroatoms. The predicted molar refractivity (Wildman–Crippen MR) is 83.5 cm³/mol. The van der Waals surface area contributed by atoms with Crippen LogP contribution in [-0.2, 0) is 4.79 Å². The number of methoxy groups -OCH3 is 1. The van der Waals surface area contributed by atoms with Crippen LogP contribution >= 0.6 is 0 Å². The number of carboxylic acid groups (broad SMARTS) is 1. The van der Waals surface area contributed by atoms with Gasteiger partial charge in [0.05, 0.1) is 19.2 Å². The van der Waals surface area contributed by atoms with Gasteiger partial charge >= 0.3 is 5.97 Å². The van der Waals surface area contributed by atoms with Crippen LogP contribution in [0.5, 0.6) is 11.5 Å². The SMILES string of the molecule is COc1ccc2cc(C(=O)O)c(=O)[nH]c2c1OCCCC(C)=O. The third-order valence-corrected chi connectivity index (χ3v) is 3.31. The Hall–Kier alpha value is -2.83. The molecule has 0 atom stereocenters. The highest BCUT2D eigenvalue weighted by Crippen LogP contribution is 2.34. The van der Waals surface area contributed by atoms with Gasteiger partial charge < -0.3 is 24.4 Å². The molecule has 122 valence electrons. The minimum Gasteiger partial charge on any atom is -0.493 e. The highest BCUT2D eigenvalue weighted by atomic mass is 16.5. The van der Waals surface area contributed by atoms with Crippen molar-refractivity contribution in [3.05, 3.63) is 34.1 Å². The number of rotatable bonds is 7. The van der Waals surface area contributed by atoms with Crippen molar-refractivity contribution in [1.29, 1.82) is 0 Å². The number of carbonyl (C=O) groups is 2. The number of aromatic carboxylic acids is 1. The summed E-state index contributed by atoms with van der Waals surface area (Å²) in [5, 5.41) is 9.53. The van der Waals surface area contributed by atoms with Gasteiger partial charge in [0.25, 0.3) is 5.56 Å². The van der Waals surface area contributed by atoms with Crippen molar-refractivity contribution in [3.63, 3.8) is 0 Å². The molecule has 0 radical (unpaired) electrons. The van der Waals surface area contributed by atoms with Gasteiger partial charge in [0.2, 0.25) is 0 Å². The number of aromatic nitrogens is 1. The fraction of sp³-hybridized carbons (Fsp3) is 0.312. The first-order chi connectivity index (χ1) is 10.9. The second kappa shape index (κ2) is 6.95. The number of fused-ring (bicyclic) bond motifs is 1. The molecule has 1 heterocycles. The summed E-state index contributed by atoms with van der Waals surface area (Å²) in [5.74, 6) is -0.493. The van der Waals surface area contributed by atoms with Crippen LogP contribution in [0.4, 0.5) is 0 Å². The number of carbonyl (C=O) groups excluding carboxylic acids is 1. The number of hydrogen-bond donors (Lipinski definition) is 2. The van der Waals surface area contributed by atoms with E-state index in [1.807, 2.05) is 0 Å². The van der Waals surface area contributed by atoms with Crippen LogP contribution in [0.1, 0.15) is 30.1 Å². The van der Waals surface area contributed by atoms with E-state index < -0.39 is 11.5 Å². The van der Waals surface area contributed by atoms with Crippen molar-refractivity contribution in [2.24, 2.45) is 0 Å². The zero-order valence-corrected chi connectivity index (χ0v) is 12.8. The van der Waals surface area contributed by atoms with Crippen molar-refractivity contribution >= 4 is 22.7 Å². The molecule has 0 aliphatic carbocycles. The fourth-order valence-corrected chi connectivity index (χ4v) is 2.19. The van der Waals surface area contributed by atoms with Crippen LogP contribution in [0.15, 0.2) is 23.0 Å². The van der Waals surface area contributed by atoms with E-state index in [1.54, 1.807) is 12.1 Å². The van der Waals surface area contributed by atoms with Gasteiger partial charge in [-0.25, -0.2) is 4.79 Å². The molecule has 7 nitrogen and oxygen atoms in total. The maximum Gasteiger partial charge on any atom is 0.341 e. The highest BCUT2D eigenvalue weighted by Gasteiger charge is 2.15. The second-order valence-electron chi connectivity index (χ2n) is 5.03. The Morgan fingerprint density at radius 3 is 2.65 bits per heavy atom. The van der Waals surface area contributed by atoms with Gasteiger partial charge in [-0.1, -0.05) is 0 Å². The number of ketones is 1. The molecule has 2 aromatic rings. The van der Waals surface area contributed by atoms with Crippen LogP contribution in [-0.4, -0.2) is 35.6 Å². The van der Waals surface area contributed by atoms with Crippen molar-refractivity contribution in [1.82, 2.24) is 4.98 Å². The van der Waals surface area contributed by atoms with E-state index in [9.17, 15) is 14.4 Å². The van der Waals surface area contributed by atoms with Gasteiger partial charge in [-0.15, -0.1) is 0 Å². The molecule has 0 aliphatic rings. The number of hydrogen-bond acceptors (Lipinski definition) is 5. The van der Waals surface area contributed by atoms with Crippen molar-refractivity contribution in [2.75, 3.05) is 13.7 Å². The lowest BCUT2D eigenvalue weighted by Gasteiger charge is -2.13. The number of pyridine rings is 1. The summed E-state index contributed by atoms with van der Waals surface area (Å²) in [4.78, 5) is 36.4. The third-order valence-electron chi connectivity index (χ3n) is 3.31. The second-order valence-corrected chi connectivity index (χ2v) is 5.03. The fourth-order valence-electron chi connectivity index (χ4n) is 2.19. The number of carboxylic acids is 1. The number of benzene rings is 1. The lowest BCUT2D eigenvalue weighted by molar-refractivity contribution is -0.117. The van der Waals surface area contributed by atoms with Gasteiger partial charge in [0.1, 0.15) is 11.3 Å². The topological polar surface area (TPSA) is 106 Å². The minimum atomic E-state index is -1.30. The molecule has 0 unspecified atom stereocenters. The average molecular weight is 319 g/mol. The molecule has 0 bridgehead atoms. The van der Waals surface area contributed by atoms with Crippen LogP contribution in [0, 0.1) is 0 Å². The first-order valence-corrected chi connectivity index (χ1v) is 7.03. The molecule has 0 amide bonds. The Labute approximate surface area is 131 Å². The normalized spacial score (nSPS) is 10.5. The standard InChI is InChI=1S/C16H17NO6/c1-9(18)4-3-7-23-14-12(22-2)6-5-10-8-11(16(20)21)15(19)17-13(10)14/h5-6,8H,3-4,7H2,1-2H3,(H,17,19)(H,20,21). The van der Waals surface area contributed by atoms with E-state index in [0.29, 0.717) is 35.2 Å². The summed E-state index contributed by atoms with van der Waals surface area (Å²) in [6.07, 6.45) is 0.930. The number of aromatic amines is 1. The van der Waals surface area contributed by atoms with E-state index in [4.69, 9.17) is 14.6 Å². The predicted octanol–water partition coefficient (Wildman–Crippen LogP) is 1.98. The van der Waals surface area contributed by atoms with Gasteiger partial charge in [0.15, 0.2) is 11.5 Å². The summed E-state index contributed by atoms with van der Waals surface area (Å²) in [6, 6.07) is 4.56. The van der Waals surface area contributed by atoms with E-state index in [0.717, 1.165) is 0 Å². The molecule has 23 heavy (non-hydrogen) atoms.